The number of carbonyl (C=O) groups is 2. The number of isocyanates is 1. The molecule has 0 spiro atoms. The van der Waals surface area contributed by atoms with Crippen LogP contribution in [0.2, 0.25) is 0 Å². The lowest BCUT2D eigenvalue weighted by molar-refractivity contribution is -0.0320. The van der Waals surface area contributed by atoms with Crippen LogP contribution in [-0.4, -0.2) is 169 Å². The molecule has 4 fully saturated rings. The minimum absolute atomic E-state index is 0. The van der Waals surface area contributed by atoms with Crippen LogP contribution in [0.3, 0.4) is 0 Å². The van der Waals surface area contributed by atoms with Crippen molar-refractivity contribution in [3.63, 3.8) is 0 Å². The number of hydrogen-bond acceptors (Lipinski definition) is 15. The number of aliphatic imine (C=N–C) groups is 1. The third-order valence-corrected chi connectivity index (χ3v) is 51.6. The zero-order valence-electron chi connectivity index (χ0n) is 49.2. The Bertz CT molecular complexity index is 2070. The SMILES string of the molecule is CCCN=C=O.CCCNC(=O)NCCOc1ccc(CCOC2CCCCC2N2CC[C@@H](OC(=O)NCCC)C2)cc1OC.COc1cc(CCOC2CCCCC2N2CC[C@@H](O)C2)ccc1OCCN.Cl.Cl.PP(P)P(P)P(P)P. The summed E-state index contributed by atoms with van der Waals surface area (Å²) in [7, 11) is 17.7. The van der Waals surface area contributed by atoms with Gasteiger partial charge in [-0.05, 0) is 127 Å². The van der Waals surface area contributed by atoms with E-state index in [1.54, 1.807) is 14.2 Å². The topological polar surface area (TPSA) is 217 Å². The fraction of sp³-hybridized carbons (Fsp3) is 0.722. The molecule has 3 amide bonds. The molecule has 2 aromatic carbocycles. The summed E-state index contributed by atoms with van der Waals surface area (Å²) in [6.45, 7) is 15.0. The Balaban J connectivity index is 0.000000673. The number of halogens is 2. The number of aliphatic hydroxyl groups is 1. The molecular weight excluding hydrogens is 1240 g/mol. The predicted molar refractivity (Wildman–Crippen MR) is 363 cm³/mol. The first-order valence-corrected chi connectivity index (χ1v) is 42.1. The van der Waals surface area contributed by atoms with E-state index in [-0.39, 0.29) is 82.3 Å². The largest absolute Gasteiger partial charge is 0.493 e. The average Bonchev–Trinajstić information content (AvgIpc) is 4.20. The Morgan fingerprint density at radius 3 is 1.62 bits per heavy atom. The standard InChI is InChI=1S/C29H48N4O6.C21H34N2O4.C4H7NO.2ClH.H10P8/c1-4-14-30-28(34)31-16-19-38-26-11-10-22(20-27(26)36-3)13-18-37-25-9-7-6-8-24(25)33-17-12-23(21-33)39-29(35)32-15-5-2;1-25-21-14-16(6-7-20(21)27-13-10-22)9-12-26-19-5-3-2-4-18(19)23-11-8-17(24)15-23;1-2-3-5-4-6;;;1-6(2)8(5)7(3)4/h10-11,20,23-25H,4-9,12-19,21H2,1-3H3,(H,32,35)(H2,30,31,34);6-7,14,17-19,24H,2-5,8-13,15,22H2,1H3;2-3H2,1H3;2*1H;1-5H2/t23-,24?,25?;17-,18?,19?;;;;/m11..../s1. The fourth-order valence-corrected chi connectivity index (χ4v) is 38.6. The summed E-state index contributed by atoms with van der Waals surface area (Å²) >= 11 is 0. The highest BCUT2D eigenvalue weighted by Crippen LogP contribution is 3.00. The van der Waals surface area contributed by atoms with Gasteiger partial charge >= 0.3 is 12.1 Å². The molecule has 2 heterocycles. The molecule has 18 nitrogen and oxygen atoms in total. The number of urea groups is 1. The second kappa shape index (κ2) is 48.3. The van der Waals surface area contributed by atoms with E-state index in [1.807, 2.05) is 51.1 Å². The number of aliphatic hydroxyl groups excluding tert-OH is 1. The molecule has 9 unspecified atom stereocenters. The Labute approximate surface area is 518 Å². The van der Waals surface area contributed by atoms with Crippen molar-refractivity contribution in [3.05, 3.63) is 47.5 Å². The highest BCUT2D eigenvalue weighted by atomic mass is 35.5. The third kappa shape index (κ3) is 32.0. The summed E-state index contributed by atoms with van der Waals surface area (Å²) in [6.07, 6.45) is 16.9. The number of nitrogens with two attached hydrogens (primary N) is 1. The van der Waals surface area contributed by atoms with E-state index in [0.29, 0.717) is 82.7 Å². The van der Waals surface area contributed by atoms with Gasteiger partial charge in [-0.2, -0.15) is 0 Å². The Morgan fingerprint density at radius 2 is 1.17 bits per heavy atom. The number of hydrogen-bond donors (Lipinski definition) is 5. The van der Waals surface area contributed by atoms with Gasteiger partial charge in [0.1, 0.15) is 19.3 Å². The first-order valence-electron chi connectivity index (χ1n) is 28.5. The quantitative estimate of drug-likeness (QED) is 0.0232. The van der Waals surface area contributed by atoms with Crippen molar-refractivity contribution in [2.45, 2.75) is 154 Å². The van der Waals surface area contributed by atoms with Crippen LogP contribution in [0.25, 0.3) is 0 Å². The van der Waals surface area contributed by atoms with E-state index < -0.39 is 0 Å². The highest BCUT2D eigenvalue weighted by Gasteiger charge is 2.37. The molecule has 0 radical (unpaired) electrons. The molecule has 2 aliphatic heterocycles. The minimum atomic E-state index is -0.307. The molecule has 6 N–H and O–H groups in total. The van der Waals surface area contributed by atoms with Gasteiger partial charge in [-0.15, -0.1) is 69.5 Å². The van der Waals surface area contributed by atoms with Crippen LogP contribution in [-0.2, 0) is 31.8 Å². The smallest absolute Gasteiger partial charge is 0.407 e. The maximum absolute atomic E-state index is 12.0. The van der Waals surface area contributed by atoms with Gasteiger partial charge in [0.2, 0.25) is 6.08 Å². The third-order valence-electron chi connectivity index (χ3n) is 13.8. The average molecular weight is 1340 g/mol. The van der Waals surface area contributed by atoms with Crippen molar-refractivity contribution in [1.82, 2.24) is 25.8 Å². The molecule has 0 aromatic heterocycles. The van der Waals surface area contributed by atoms with Crippen molar-refractivity contribution in [2.75, 3.05) is 99.5 Å². The number of methoxy groups -OCH3 is 2. The number of ether oxygens (including phenoxy) is 7. The van der Waals surface area contributed by atoms with Crippen LogP contribution in [0.1, 0.15) is 115 Å². The van der Waals surface area contributed by atoms with E-state index in [4.69, 9.17) is 38.9 Å². The van der Waals surface area contributed by atoms with Gasteiger partial charge in [0.15, 0.2) is 23.0 Å². The predicted octanol–water partition coefficient (Wildman–Crippen LogP) is 11.6. The lowest BCUT2D eigenvalue weighted by Crippen LogP contribution is -2.46. The van der Waals surface area contributed by atoms with Crippen LogP contribution in [0.15, 0.2) is 41.4 Å². The van der Waals surface area contributed by atoms with Gasteiger partial charge in [-0.3, -0.25) is 9.80 Å². The van der Waals surface area contributed by atoms with Gasteiger partial charge in [0.05, 0.1) is 58.8 Å². The van der Waals surface area contributed by atoms with Crippen LogP contribution in [0, 0.1) is 0 Å². The molecule has 0 bridgehead atoms. The van der Waals surface area contributed by atoms with Crippen LogP contribution in [0.5, 0.6) is 23.0 Å². The first-order chi connectivity index (χ1) is 38.7. The molecule has 4 aliphatic rings. The maximum atomic E-state index is 12.0. The summed E-state index contributed by atoms with van der Waals surface area (Å²) in [5, 5.41) is 18.2. The molecule has 6 rings (SSSR count). The molecule has 472 valence electrons. The Kier molecular flexibility index (Phi) is 46.7. The number of rotatable bonds is 28. The van der Waals surface area contributed by atoms with Crippen molar-refractivity contribution in [1.29, 1.82) is 0 Å². The number of benzene rings is 2. The van der Waals surface area contributed by atoms with Gasteiger partial charge < -0.3 is 59.9 Å². The summed E-state index contributed by atoms with van der Waals surface area (Å²) in [4.78, 5) is 41.0. The number of amides is 3. The number of β-amino-alcohol motifs (C(OH)–C–C–N with tert-alkyl or cyclic N) is 1. The van der Waals surface area contributed by atoms with Crippen molar-refractivity contribution in [2.24, 2.45) is 10.7 Å². The minimum Gasteiger partial charge on any atom is -0.493 e. The van der Waals surface area contributed by atoms with Gasteiger partial charge in [0, 0.05) is 57.9 Å². The van der Waals surface area contributed by atoms with Crippen molar-refractivity contribution >= 4 is 109 Å². The summed E-state index contributed by atoms with van der Waals surface area (Å²) in [6, 6.07) is 12.6. The number of carbonyl (C=O) groups excluding carboxylic acids is 3. The van der Waals surface area contributed by atoms with Gasteiger partial charge in [-0.1, -0.05) is 58.6 Å². The van der Waals surface area contributed by atoms with Gasteiger partial charge in [-0.25, -0.2) is 19.4 Å². The Morgan fingerprint density at radius 1 is 0.671 bits per heavy atom. The van der Waals surface area contributed by atoms with Crippen LogP contribution < -0.4 is 40.6 Å². The fourth-order valence-electron chi connectivity index (χ4n) is 9.72. The highest BCUT2D eigenvalue weighted by molar-refractivity contribution is 9.06. The van der Waals surface area contributed by atoms with E-state index in [1.165, 1.54) is 43.7 Å². The zero-order chi connectivity index (χ0) is 58.5. The summed E-state index contributed by atoms with van der Waals surface area (Å²) < 4.78 is 40.8. The molecule has 28 heteroatoms. The number of nitrogens with zero attached hydrogens (tertiary/aromatic N) is 3. The van der Waals surface area contributed by atoms with Crippen molar-refractivity contribution in [3.8, 4) is 23.0 Å². The van der Waals surface area contributed by atoms with Crippen LogP contribution in [0.4, 0.5) is 9.59 Å². The summed E-state index contributed by atoms with van der Waals surface area (Å²) in [5.41, 5.74) is 7.80. The number of alkyl carbamates (subject to hydrolysis) is 1. The van der Waals surface area contributed by atoms with E-state index in [9.17, 15) is 19.5 Å². The van der Waals surface area contributed by atoms with Crippen LogP contribution >= 0.6 is 90.4 Å². The molecule has 2 aliphatic carbocycles. The maximum Gasteiger partial charge on any atom is 0.407 e. The Hall–Kier alpha value is -0.660. The monoisotopic (exact) mass is 1340 g/mol. The lowest BCUT2D eigenvalue weighted by Gasteiger charge is -2.37. The lowest BCUT2D eigenvalue weighted by atomic mass is 9.91. The molecule has 82 heavy (non-hydrogen) atoms. The molecular formula is C54H101Cl2N7O11P8. The van der Waals surface area contributed by atoms with Crippen molar-refractivity contribution < 1.29 is 52.6 Å². The first kappa shape index (κ1) is 79.4. The molecule has 11 atom stereocenters. The van der Waals surface area contributed by atoms with E-state index >= 15 is 0 Å². The number of likely N-dealkylation sites (tertiary alicyclic amines) is 2. The second-order valence-electron chi connectivity index (χ2n) is 19.9. The van der Waals surface area contributed by atoms with E-state index in [0.717, 1.165) is 107 Å². The molecule has 2 saturated carbocycles. The van der Waals surface area contributed by atoms with Gasteiger partial charge in [0.25, 0.3) is 0 Å². The zero-order valence-corrected chi connectivity index (χ0v) is 59.3. The molecule has 2 aromatic rings. The molecule has 2 saturated heterocycles. The number of nitrogens with one attached hydrogen (secondary N) is 3. The van der Waals surface area contributed by atoms with E-state index in [2.05, 4.69) is 81.5 Å². The normalized spacial score (nSPS) is 20.4. The second-order valence-corrected chi connectivity index (χ2v) is 48.0. The summed E-state index contributed by atoms with van der Waals surface area (Å²) in [5.74, 6) is 2.79.